The van der Waals surface area contributed by atoms with Gasteiger partial charge in [0.05, 0.1) is 13.7 Å². The van der Waals surface area contributed by atoms with Gasteiger partial charge in [-0.25, -0.2) is 4.79 Å². The molecule has 0 spiro atoms. The number of carbonyl (C=O) groups excluding carboxylic acids is 1. The number of ether oxygens (including phenoxy) is 2. The maximum Gasteiger partial charge on any atom is 0.387 e. The molecule has 0 saturated heterocycles. The van der Waals surface area contributed by atoms with E-state index in [2.05, 4.69) is 19.8 Å². The van der Waals surface area contributed by atoms with Crippen LogP contribution in [-0.2, 0) is 11.3 Å². The van der Waals surface area contributed by atoms with Crippen LogP contribution in [0, 0.1) is 0 Å². The lowest BCUT2D eigenvalue weighted by molar-refractivity contribution is -0.0498. The van der Waals surface area contributed by atoms with Crippen molar-refractivity contribution in [2.45, 2.75) is 13.2 Å². The van der Waals surface area contributed by atoms with Gasteiger partial charge in [-0.2, -0.15) is 8.78 Å². The van der Waals surface area contributed by atoms with Gasteiger partial charge >= 0.3 is 12.6 Å². The van der Waals surface area contributed by atoms with Gasteiger partial charge in [0, 0.05) is 17.4 Å². The third-order valence-electron chi connectivity index (χ3n) is 2.69. The molecule has 0 atom stereocenters. The normalized spacial score (nSPS) is 10.5. The van der Waals surface area contributed by atoms with Gasteiger partial charge in [0.15, 0.2) is 0 Å². The number of rotatable bonds is 6. The van der Waals surface area contributed by atoms with E-state index >= 15 is 0 Å². The van der Waals surface area contributed by atoms with Gasteiger partial charge in [-0.05, 0) is 24.3 Å². The second kappa shape index (κ2) is 6.74. The number of H-pyrrole nitrogens is 1. The Morgan fingerprint density at radius 1 is 1.33 bits per heavy atom. The molecule has 2 rings (SSSR count). The molecule has 0 saturated carbocycles. The lowest BCUT2D eigenvalue weighted by Gasteiger charge is -2.08. The van der Waals surface area contributed by atoms with Crippen LogP contribution >= 0.6 is 0 Å². The number of methoxy groups -OCH3 is 1. The predicted molar refractivity (Wildman–Crippen MR) is 72.5 cm³/mol. The summed E-state index contributed by atoms with van der Waals surface area (Å²) in [4.78, 5) is 14.2. The van der Waals surface area contributed by atoms with Crippen molar-refractivity contribution in [1.29, 1.82) is 0 Å². The standard InChI is InChI=1S/C14H14F2N2O3/c1-20-13(19)12-6-5-10(18-12)8-17-9-3-2-4-11(7-9)21-14(15)16/h2-7,14,17-18H,8H2,1H3. The molecule has 0 aliphatic carbocycles. The maximum absolute atomic E-state index is 12.1. The Hall–Kier alpha value is -2.57. The Bertz CT molecular complexity index is 614. The van der Waals surface area contributed by atoms with Crippen molar-refractivity contribution in [1.82, 2.24) is 4.98 Å². The van der Waals surface area contributed by atoms with Crippen LogP contribution in [0.1, 0.15) is 16.2 Å². The van der Waals surface area contributed by atoms with E-state index in [9.17, 15) is 13.6 Å². The maximum atomic E-state index is 12.1. The molecular weight excluding hydrogens is 282 g/mol. The lowest BCUT2D eigenvalue weighted by atomic mass is 10.3. The highest BCUT2D eigenvalue weighted by Crippen LogP contribution is 2.19. The summed E-state index contributed by atoms with van der Waals surface area (Å²) in [5.74, 6) is -0.370. The monoisotopic (exact) mass is 296 g/mol. The summed E-state index contributed by atoms with van der Waals surface area (Å²) in [6.07, 6.45) is 0. The third kappa shape index (κ3) is 4.20. The first-order chi connectivity index (χ1) is 10.1. The van der Waals surface area contributed by atoms with Crippen molar-refractivity contribution < 1.29 is 23.0 Å². The Balaban J connectivity index is 1.96. The molecule has 1 aromatic heterocycles. The number of esters is 1. The second-order valence-corrected chi connectivity index (χ2v) is 4.15. The Kier molecular flexibility index (Phi) is 4.76. The number of nitrogens with one attached hydrogen (secondary N) is 2. The summed E-state index contributed by atoms with van der Waals surface area (Å²) in [7, 11) is 1.30. The molecule has 0 radical (unpaired) electrons. The number of carbonyl (C=O) groups is 1. The fraction of sp³-hybridized carbons (Fsp3) is 0.214. The molecule has 0 fully saturated rings. The molecule has 0 aliphatic rings. The highest BCUT2D eigenvalue weighted by molar-refractivity contribution is 5.87. The number of alkyl halides is 2. The topological polar surface area (TPSA) is 63.4 Å². The molecule has 0 bridgehead atoms. The van der Waals surface area contributed by atoms with Crippen molar-refractivity contribution in [3.8, 4) is 5.75 Å². The zero-order chi connectivity index (χ0) is 15.2. The quantitative estimate of drug-likeness (QED) is 0.804. The molecule has 1 heterocycles. The number of benzene rings is 1. The highest BCUT2D eigenvalue weighted by atomic mass is 19.3. The summed E-state index contributed by atoms with van der Waals surface area (Å²) >= 11 is 0. The second-order valence-electron chi connectivity index (χ2n) is 4.15. The molecular formula is C14H14F2N2O3. The van der Waals surface area contributed by atoms with Crippen LogP contribution in [0.15, 0.2) is 36.4 Å². The highest BCUT2D eigenvalue weighted by Gasteiger charge is 2.08. The zero-order valence-corrected chi connectivity index (χ0v) is 11.2. The van der Waals surface area contributed by atoms with Crippen molar-refractivity contribution in [3.05, 3.63) is 47.8 Å². The number of aromatic amines is 1. The number of aromatic nitrogens is 1. The minimum Gasteiger partial charge on any atom is -0.464 e. The number of hydrogen-bond acceptors (Lipinski definition) is 4. The van der Waals surface area contributed by atoms with Crippen LogP contribution in [0.5, 0.6) is 5.75 Å². The van der Waals surface area contributed by atoms with Crippen molar-refractivity contribution >= 4 is 11.7 Å². The Morgan fingerprint density at radius 3 is 2.86 bits per heavy atom. The minimum atomic E-state index is -2.86. The Morgan fingerprint density at radius 2 is 2.14 bits per heavy atom. The van der Waals surface area contributed by atoms with E-state index in [0.717, 1.165) is 5.69 Å². The molecule has 21 heavy (non-hydrogen) atoms. The van der Waals surface area contributed by atoms with Crippen molar-refractivity contribution in [3.63, 3.8) is 0 Å². The van der Waals surface area contributed by atoms with E-state index in [0.29, 0.717) is 17.9 Å². The summed E-state index contributed by atoms with van der Waals surface area (Å²) in [6.45, 7) is -2.46. The first-order valence-corrected chi connectivity index (χ1v) is 6.13. The van der Waals surface area contributed by atoms with Crippen molar-refractivity contribution in [2.24, 2.45) is 0 Å². The molecule has 2 aromatic rings. The van der Waals surface area contributed by atoms with E-state index in [4.69, 9.17) is 0 Å². The summed E-state index contributed by atoms with van der Waals surface area (Å²) in [5.41, 5.74) is 1.74. The number of anilines is 1. The van der Waals surface area contributed by atoms with Gasteiger partial charge in [0.25, 0.3) is 0 Å². The van der Waals surface area contributed by atoms with Crippen LogP contribution < -0.4 is 10.1 Å². The third-order valence-corrected chi connectivity index (χ3v) is 2.69. The van der Waals surface area contributed by atoms with Crippen molar-refractivity contribution in [2.75, 3.05) is 12.4 Å². The van der Waals surface area contributed by atoms with Crippen LogP contribution in [0.2, 0.25) is 0 Å². The summed E-state index contributed by atoms with van der Waals surface area (Å²) in [5, 5.41) is 3.04. The SMILES string of the molecule is COC(=O)c1ccc(CNc2cccc(OC(F)F)c2)[nH]1. The Labute approximate surface area is 119 Å². The molecule has 0 unspecified atom stereocenters. The number of hydrogen-bond donors (Lipinski definition) is 2. The van der Waals surface area contributed by atoms with E-state index in [1.165, 1.54) is 19.2 Å². The average Bonchev–Trinajstić information content (AvgIpc) is 2.93. The first kappa shape index (κ1) is 14.8. The number of halogens is 2. The molecule has 2 N–H and O–H groups in total. The zero-order valence-electron chi connectivity index (χ0n) is 11.2. The minimum absolute atomic E-state index is 0.0803. The van der Waals surface area contributed by atoms with E-state index < -0.39 is 12.6 Å². The van der Waals surface area contributed by atoms with Crippen LogP contribution in [0.25, 0.3) is 0 Å². The predicted octanol–water partition coefficient (Wildman–Crippen LogP) is 3.01. The van der Waals surface area contributed by atoms with Gasteiger partial charge in [0.1, 0.15) is 11.4 Å². The molecule has 7 heteroatoms. The summed E-state index contributed by atoms with van der Waals surface area (Å²) in [6, 6.07) is 9.59. The van der Waals surface area contributed by atoms with E-state index in [-0.39, 0.29) is 5.75 Å². The fourth-order valence-electron chi connectivity index (χ4n) is 1.75. The van der Waals surface area contributed by atoms with Gasteiger partial charge < -0.3 is 19.8 Å². The van der Waals surface area contributed by atoms with Gasteiger partial charge in [-0.3, -0.25) is 0 Å². The lowest BCUT2D eigenvalue weighted by Crippen LogP contribution is -2.04. The molecule has 112 valence electrons. The largest absolute Gasteiger partial charge is 0.464 e. The van der Waals surface area contributed by atoms with Gasteiger partial charge in [0.2, 0.25) is 0 Å². The van der Waals surface area contributed by atoms with Crippen LogP contribution in [0.3, 0.4) is 0 Å². The van der Waals surface area contributed by atoms with E-state index in [1.54, 1.807) is 24.3 Å². The molecule has 1 aromatic carbocycles. The van der Waals surface area contributed by atoms with Gasteiger partial charge in [-0.1, -0.05) is 6.07 Å². The molecule has 0 aliphatic heterocycles. The van der Waals surface area contributed by atoms with Crippen LogP contribution in [-0.4, -0.2) is 24.7 Å². The smallest absolute Gasteiger partial charge is 0.387 e. The van der Waals surface area contributed by atoms with Gasteiger partial charge in [-0.15, -0.1) is 0 Å². The molecule has 5 nitrogen and oxygen atoms in total. The first-order valence-electron chi connectivity index (χ1n) is 6.13. The van der Waals surface area contributed by atoms with Crippen LogP contribution in [0.4, 0.5) is 14.5 Å². The summed E-state index contributed by atoms with van der Waals surface area (Å²) < 4.78 is 33.1. The van der Waals surface area contributed by atoms with E-state index in [1.807, 2.05) is 0 Å². The molecule has 0 amide bonds. The fourth-order valence-corrected chi connectivity index (χ4v) is 1.75. The average molecular weight is 296 g/mol.